The van der Waals surface area contributed by atoms with E-state index in [1.54, 1.807) is 10.6 Å². The van der Waals surface area contributed by atoms with Crippen LogP contribution in [0.1, 0.15) is 26.8 Å². The number of rotatable bonds is 5. The van der Waals surface area contributed by atoms with E-state index in [1.807, 2.05) is 63.2 Å². The maximum Gasteiger partial charge on any atom is 0.262 e. The maximum atomic E-state index is 12.9. The molecule has 1 amide bonds. The summed E-state index contributed by atoms with van der Waals surface area (Å²) in [5, 5.41) is 3.62. The summed E-state index contributed by atoms with van der Waals surface area (Å²) in [6.45, 7) is 5.69. The largest absolute Gasteiger partial charge is 0.325 e. The van der Waals surface area contributed by atoms with Crippen LogP contribution in [0.5, 0.6) is 0 Å². The Morgan fingerprint density at radius 1 is 1.15 bits per heavy atom. The van der Waals surface area contributed by atoms with Crippen LogP contribution in [-0.2, 0) is 4.79 Å². The molecule has 0 aliphatic rings. The Morgan fingerprint density at radius 3 is 2.59 bits per heavy atom. The summed E-state index contributed by atoms with van der Waals surface area (Å²) in [4.78, 5) is 30.1. The number of anilines is 1. The van der Waals surface area contributed by atoms with E-state index in [9.17, 15) is 9.59 Å². The Hall–Kier alpha value is -2.12. The molecular weight excluding hydrogens is 426 g/mol. The van der Waals surface area contributed by atoms with Gasteiger partial charge in [0.25, 0.3) is 5.56 Å². The maximum absolute atomic E-state index is 12.9. The smallest absolute Gasteiger partial charge is 0.262 e. The summed E-state index contributed by atoms with van der Waals surface area (Å²) >= 11 is 4.68. The Bertz CT molecular complexity index is 1050. The first-order chi connectivity index (χ1) is 12.9. The van der Waals surface area contributed by atoms with Crippen molar-refractivity contribution >= 4 is 50.2 Å². The van der Waals surface area contributed by atoms with E-state index in [0.29, 0.717) is 16.1 Å². The number of fused-ring (bicyclic) bond motifs is 1. The van der Waals surface area contributed by atoms with E-state index in [-0.39, 0.29) is 17.5 Å². The lowest BCUT2D eigenvalue weighted by Crippen LogP contribution is -2.28. The van der Waals surface area contributed by atoms with Gasteiger partial charge in [0.2, 0.25) is 5.91 Å². The third-order valence-electron chi connectivity index (χ3n) is 4.04. The molecule has 0 saturated heterocycles. The van der Waals surface area contributed by atoms with Crippen LogP contribution < -0.4 is 10.9 Å². The summed E-state index contributed by atoms with van der Waals surface area (Å²) in [5.41, 5.74) is 1.27. The number of benzene rings is 2. The van der Waals surface area contributed by atoms with Crippen LogP contribution in [0.4, 0.5) is 5.69 Å². The van der Waals surface area contributed by atoms with Crippen molar-refractivity contribution in [3.8, 4) is 0 Å². The van der Waals surface area contributed by atoms with Gasteiger partial charge >= 0.3 is 0 Å². The zero-order valence-corrected chi connectivity index (χ0v) is 17.7. The number of carbonyl (C=O) groups excluding carboxylic acids is 1. The van der Waals surface area contributed by atoms with Crippen LogP contribution in [0.3, 0.4) is 0 Å². The summed E-state index contributed by atoms with van der Waals surface area (Å²) in [5.74, 6) is -0.143. The van der Waals surface area contributed by atoms with E-state index < -0.39 is 5.25 Å². The van der Waals surface area contributed by atoms with E-state index in [0.717, 1.165) is 10.2 Å². The minimum Gasteiger partial charge on any atom is -0.325 e. The van der Waals surface area contributed by atoms with E-state index in [2.05, 4.69) is 26.2 Å². The van der Waals surface area contributed by atoms with Gasteiger partial charge in [0.15, 0.2) is 5.16 Å². The molecule has 0 radical (unpaired) electrons. The third kappa shape index (κ3) is 4.42. The monoisotopic (exact) mass is 445 g/mol. The highest BCUT2D eigenvalue weighted by Crippen LogP contribution is 2.26. The Morgan fingerprint density at radius 2 is 1.89 bits per heavy atom. The lowest BCUT2D eigenvalue weighted by atomic mass is 10.2. The second-order valence-corrected chi connectivity index (χ2v) is 8.66. The van der Waals surface area contributed by atoms with Crippen molar-refractivity contribution in [2.75, 3.05) is 5.32 Å². The molecule has 1 aromatic heterocycles. The van der Waals surface area contributed by atoms with Crippen molar-refractivity contribution in [1.82, 2.24) is 9.55 Å². The summed E-state index contributed by atoms with van der Waals surface area (Å²) in [7, 11) is 0. The standard InChI is InChI=1S/C20H20BrN3O2S/c1-12(2)24-19(26)16-9-4-5-10-17(16)23-20(24)27-13(3)18(25)22-15-8-6-7-14(21)11-15/h4-13H,1-3H3,(H,22,25). The minimum absolute atomic E-state index is 0.0579. The van der Waals surface area contributed by atoms with Crippen molar-refractivity contribution in [2.24, 2.45) is 0 Å². The van der Waals surface area contributed by atoms with Gasteiger partial charge in [-0.15, -0.1) is 0 Å². The predicted molar refractivity (Wildman–Crippen MR) is 114 cm³/mol. The minimum atomic E-state index is -0.415. The SMILES string of the molecule is CC(Sc1nc2ccccc2c(=O)n1C(C)C)C(=O)Nc1cccc(Br)c1. The zero-order valence-electron chi connectivity index (χ0n) is 15.3. The van der Waals surface area contributed by atoms with E-state index >= 15 is 0 Å². The van der Waals surface area contributed by atoms with Crippen LogP contribution in [0, 0.1) is 0 Å². The highest BCUT2D eigenvalue weighted by molar-refractivity contribution is 9.10. The van der Waals surface area contributed by atoms with Crippen molar-refractivity contribution < 1.29 is 4.79 Å². The molecule has 1 unspecified atom stereocenters. The average molecular weight is 446 g/mol. The first-order valence-electron chi connectivity index (χ1n) is 8.61. The first kappa shape index (κ1) is 19.6. The highest BCUT2D eigenvalue weighted by atomic mass is 79.9. The van der Waals surface area contributed by atoms with E-state index in [1.165, 1.54) is 11.8 Å². The highest BCUT2D eigenvalue weighted by Gasteiger charge is 2.20. The summed E-state index contributed by atoms with van der Waals surface area (Å²) in [6, 6.07) is 14.7. The third-order valence-corrected chi connectivity index (χ3v) is 5.60. The molecule has 0 fully saturated rings. The number of nitrogens with zero attached hydrogens (tertiary/aromatic N) is 2. The van der Waals surface area contributed by atoms with Crippen molar-refractivity contribution in [1.29, 1.82) is 0 Å². The Kier molecular flexibility index (Phi) is 6.01. The number of halogens is 1. The number of carbonyl (C=O) groups is 1. The fraction of sp³-hybridized carbons (Fsp3) is 0.250. The fourth-order valence-corrected chi connectivity index (χ4v) is 4.13. The quantitative estimate of drug-likeness (QED) is 0.449. The molecule has 2 aromatic carbocycles. The molecule has 0 aliphatic heterocycles. The molecule has 3 aromatic rings. The molecule has 140 valence electrons. The van der Waals surface area contributed by atoms with Crippen LogP contribution in [0.2, 0.25) is 0 Å². The lowest BCUT2D eigenvalue weighted by molar-refractivity contribution is -0.115. The van der Waals surface area contributed by atoms with Crippen LogP contribution >= 0.6 is 27.7 Å². The number of nitrogens with one attached hydrogen (secondary N) is 1. The number of thioether (sulfide) groups is 1. The van der Waals surface area contributed by atoms with Gasteiger partial charge in [-0.1, -0.05) is 45.9 Å². The van der Waals surface area contributed by atoms with Gasteiger partial charge in [0, 0.05) is 16.2 Å². The molecule has 3 rings (SSSR count). The number of hydrogen-bond acceptors (Lipinski definition) is 4. The predicted octanol–water partition coefficient (Wildman–Crippen LogP) is 4.86. The molecule has 7 heteroatoms. The molecule has 1 atom stereocenters. The van der Waals surface area contributed by atoms with Gasteiger partial charge in [0.05, 0.1) is 16.2 Å². The second kappa shape index (κ2) is 8.27. The second-order valence-electron chi connectivity index (χ2n) is 6.44. The average Bonchev–Trinajstić information content (AvgIpc) is 2.61. The van der Waals surface area contributed by atoms with Crippen LogP contribution in [-0.4, -0.2) is 20.7 Å². The topological polar surface area (TPSA) is 64.0 Å². The zero-order chi connectivity index (χ0) is 19.6. The van der Waals surface area contributed by atoms with Crippen molar-refractivity contribution in [3.63, 3.8) is 0 Å². The van der Waals surface area contributed by atoms with Gasteiger partial charge in [-0.3, -0.25) is 14.2 Å². The fourth-order valence-electron chi connectivity index (χ4n) is 2.69. The molecule has 0 aliphatic carbocycles. The molecule has 1 N–H and O–H groups in total. The number of amides is 1. The van der Waals surface area contributed by atoms with E-state index in [4.69, 9.17) is 0 Å². The molecule has 0 spiro atoms. The van der Waals surface area contributed by atoms with Crippen LogP contribution in [0.15, 0.2) is 63.0 Å². The lowest BCUT2D eigenvalue weighted by Gasteiger charge is -2.18. The van der Waals surface area contributed by atoms with Gasteiger partial charge in [0.1, 0.15) is 0 Å². The first-order valence-corrected chi connectivity index (χ1v) is 10.3. The molecule has 0 saturated carbocycles. The normalized spacial score (nSPS) is 12.3. The Balaban J connectivity index is 1.89. The molecule has 5 nitrogen and oxygen atoms in total. The molecule has 0 bridgehead atoms. The molecular formula is C20H20BrN3O2S. The van der Waals surface area contributed by atoms with Crippen molar-refractivity contribution in [3.05, 3.63) is 63.4 Å². The van der Waals surface area contributed by atoms with Crippen LogP contribution in [0.25, 0.3) is 10.9 Å². The Labute approximate surface area is 170 Å². The van der Waals surface area contributed by atoms with Gasteiger partial charge < -0.3 is 5.32 Å². The van der Waals surface area contributed by atoms with Gasteiger partial charge in [-0.05, 0) is 51.1 Å². The molecule has 27 heavy (non-hydrogen) atoms. The summed E-state index contributed by atoms with van der Waals surface area (Å²) in [6.07, 6.45) is 0. The van der Waals surface area contributed by atoms with Crippen molar-refractivity contribution in [2.45, 2.75) is 37.2 Å². The number of para-hydroxylation sites is 1. The van der Waals surface area contributed by atoms with Gasteiger partial charge in [-0.25, -0.2) is 4.98 Å². The summed E-state index contributed by atoms with van der Waals surface area (Å²) < 4.78 is 2.54. The van der Waals surface area contributed by atoms with Gasteiger partial charge in [-0.2, -0.15) is 0 Å². The molecule has 1 heterocycles. The number of hydrogen-bond donors (Lipinski definition) is 1. The number of aromatic nitrogens is 2.